The van der Waals surface area contributed by atoms with E-state index in [1.54, 1.807) is 7.11 Å². The van der Waals surface area contributed by atoms with Crippen LogP contribution >= 0.6 is 0 Å². The van der Waals surface area contributed by atoms with Crippen LogP contribution in [0.3, 0.4) is 0 Å². The lowest BCUT2D eigenvalue weighted by Crippen LogP contribution is -2.45. The summed E-state index contributed by atoms with van der Waals surface area (Å²) in [5, 5.41) is 10.4. The first-order chi connectivity index (χ1) is 13.1. The van der Waals surface area contributed by atoms with Gasteiger partial charge in [-0.3, -0.25) is 0 Å². The summed E-state index contributed by atoms with van der Waals surface area (Å²) in [4.78, 5) is 0. The van der Waals surface area contributed by atoms with Crippen LogP contribution in [0.25, 0.3) is 0 Å². The average Bonchev–Trinajstić information content (AvgIpc) is 2.63. The van der Waals surface area contributed by atoms with Crippen LogP contribution < -0.4 is 4.74 Å². The molecule has 0 radical (unpaired) electrons. The first-order valence-electron chi connectivity index (χ1n) is 10.3. The first-order valence-corrected chi connectivity index (χ1v) is 13.2. The molecule has 0 aliphatic carbocycles. The molecule has 1 saturated heterocycles. The van der Waals surface area contributed by atoms with Gasteiger partial charge in [-0.15, -0.1) is 0 Å². The summed E-state index contributed by atoms with van der Waals surface area (Å²) in [7, 11) is -0.142. The van der Waals surface area contributed by atoms with Crippen LogP contribution in [0.15, 0.2) is 24.3 Å². The van der Waals surface area contributed by atoms with Crippen LogP contribution in [0.4, 0.5) is 0 Å². The van der Waals surface area contributed by atoms with Crippen molar-refractivity contribution in [3.8, 4) is 5.75 Å². The highest BCUT2D eigenvalue weighted by Gasteiger charge is 2.38. The van der Waals surface area contributed by atoms with E-state index >= 15 is 0 Å². The topological polar surface area (TPSA) is 57.2 Å². The monoisotopic (exact) mass is 410 g/mol. The van der Waals surface area contributed by atoms with Gasteiger partial charge in [0, 0.05) is 13.0 Å². The highest BCUT2D eigenvalue weighted by molar-refractivity contribution is 6.74. The van der Waals surface area contributed by atoms with Gasteiger partial charge in [-0.05, 0) is 48.7 Å². The molecule has 160 valence electrons. The molecule has 0 spiro atoms. The van der Waals surface area contributed by atoms with Crippen LogP contribution in [-0.4, -0.2) is 52.1 Å². The van der Waals surface area contributed by atoms with Gasteiger partial charge in [0.1, 0.15) is 5.75 Å². The van der Waals surface area contributed by atoms with Gasteiger partial charge >= 0.3 is 0 Å². The van der Waals surface area contributed by atoms with Crippen molar-refractivity contribution >= 4 is 8.32 Å². The minimum Gasteiger partial charge on any atom is -0.497 e. The van der Waals surface area contributed by atoms with Gasteiger partial charge in [0.05, 0.1) is 38.6 Å². The van der Waals surface area contributed by atoms with E-state index in [4.69, 9.17) is 18.6 Å². The van der Waals surface area contributed by atoms with E-state index in [1.807, 2.05) is 24.3 Å². The van der Waals surface area contributed by atoms with Gasteiger partial charge in [0.15, 0.2) is 8.32 Å². The molecule has 1 N–H and O–H groups in total. The third-order valence-corrected chi connectivity index (χ3v) is 10.4. The smallest absolute Gasteiger partial charge is 0.192 e. The summed E-state index contributed by atoms with van der Waals surface area (Å²) in [6.07, 6.45) is 1.76. The molecule has 1 fully saturated rings. The maximum atomic E-state index is 10.2. The van der Waals surface area contributed by atoms with Crippen LogP contribution in [0.2, 0.25) is 18.1 Å². The van der Waals surface area contributed by atoms with Crippen molar-refractivity contribution in [2.45, 2.75) is 83.1 Å². The number of hydrogen-bond donors (Lipinski definition) is 1. The zero-order chi connectivity index (χ0) is 20.8. The van der Waals surface area contributed by atoms with Gasteiger partial charge in [-0.1, -0.05) is 32.9 Å². The first kappa shape index (κ1) is 23.4. The predicted molar refractivity (Wildman–Crippen MR) is 114 cm³/mol. The molecular weight excluding hydrogens is 372 g/mol. The number of aliphatic hydroxyl groups is 1. The van der Waals surface area contributed by atoms with Crippen molar-refractivity contribution in [1.82, 2.24) is 0 Å². The Morgan fingerprint density at radius 3 is 2.36 bits per heavy atom. The van der Waals surface area contributed by atoms with Crippen molar-refractivity contribution in [2.24, 2.45) is 0 Å². The number of aliphatic hydroxyl groups excluding tert-OH is 1. The maximum Gasteiger partial charge on any atom is 0.192 e. The Bertz CT molecular complexity index is 582. The minimum absolute atomic E-state index is 0.0210. The number of hydrogen-bond acceptors (Lipinski definition) is 5. The Labute approximate surface area is 171 Å². The van der Waals surface area contributed by atoms with E-state index < -0.39 is 8.32 Å². The van der Waals surface area contributed by atoms with E-state index in [-0.39, 0.29) is 23.4 Å². The van der Waals surface area contributed by atoms with E-state index in [0.717, 1.165) is 17.7 Å². The highest BCUT2D eigenvalue weighted by Crippen LogP contribution is 2.37. The zero-order valence-electron chi connectivity index (χ0n) is 18.4. The van der Waals surface area contributed by atoms with E-state index in [0.29, 0.717) is 32.7 Å². The minimum atomic E-state index is -1.80. The largest absolute Gasteiger partial charge is 0.497 e. The highest BCUT2D eigenvalue weighted by atomic mass is 28.4. The summed E-state index contributed by atoms with van der Waals surface area (Å²) in [5.41, 5.74) is 1.12. The molecule has 1 aromatic carbocycles. The third-order valence-electron chi connectivity index (χ3n) is 5.90. The maximum absolute atomic E-state index is 10.2. The lowest BCUT2D eigenvalue weighted by atomic mass is 9.99. The summed E-state index contributed by atoms with van der Waals surface area (Å²) < 4.78 is 23.4. The second-order valence-corrected chi connectivity index (χ2v) is 14.1. The quantitative estimate of drug-likeness (QED) is 0.479. The summed E-state index contributed by atoms with van der Waals surface area (Å²) >= 11 is 0. The molecular formula is C22H38O5Si. The van der Waals surface area contributed by atoms with Crippen LogP contribution in [-0.2, 0) is 20.5 Å². The summed E-state index contributed by atoms with van der Waals surface area (Å²) in [5.74, 6) is 0.847. The average molecular weight is 411 g/mol. The molecule has 1 aromatic rings. The number of ether oxygens (including phenoxy) is 3. The van der Waals surface area contributed by atoms with Gasteiger partial charge < -0.3 is 23.7 Å². The standard InChI is InChI=1S/C22H38O5Si/c1-22(2,3)28(5,6)26-16-21-14-18(23)13-20(27-21)11-12-25-15-17-7-9-19(24-4)10-8-17/h7-10,18,20-21,23H,11-16H2,1-6H3/t18-,20-,21-/m0/s1. The fourth-order valence-corrected chi connectivity index (χ4v) is 4.06. The normalized spacial score (nSPS) is 23.6. The molecule has 2 rings (SSSR count). The zero-order valence-corrected chi connectivity index (χ0v) is 19.4. The Kier molecular flexibility index (Phi) is 8.52. The van der Waals surface area contributed by atoms with Gasteiger partial charge in [-0.2, -0.15) is 0 Å². The molecule has 28 heavy (non-hydrogen) atoms. The lowest BCUT2D eigenvalue weighted by molar-refractivity contribution is -0.117. The summed E-state index contributed by atoms with van der Waals surface area (Å²) in [6, 6.07) is 7.89. The Morgan fingerprint density at radius 2 is 1.75 bits per heavy atom. The molecule has 0 saturated carbocycles. The second kappa shape index (κ2) is 10.2. The fraction of sp³-hybridized carbons (Fsp3) is 0.727. The predicted octanol–water partition coefficient (Wildman–Crippen LogP) is 4.53. The molecule has 1 heterocycles. The van der Waals surface area contributed by atoms with E-state index in [1.165, 1.54) is 0 Å². The Balaban J connectivity index is 1.73. The van der Waals surface area contributed by atoms with Crippen molar-refractivity contribution in [1.29, 1.82) is 0 Å². The number of rotatable bonds is 9. The molecule has 1 aliphatic rings. The fourth-order valence-electron chi connectivity index (χ4n) is 3.02. The molecule has 0 bridgehead atoms. The summed E-state index contributed by atoms with van der Waals surface area (Å²) in [6.45, 7) is 12.9. The van der Waals surface area contributed by atoms with Crippen molar-refractivity contribution < 1.29 is 23.7 Å². The molecule has 1 aliphatic heterocycles. The van der Waals surface area contributed by atoms with Crippen LogP contribution in [0.5, 0.6) is 5.75 Å². The molecule has 0 amide bonds. The van der Waals surface area contributed by atoms with Crippen molar-refractivity contribution in [3.63, 3.8) is 0 Å². The molecule has 6 heteroatoms. The van der Waals surface area contributed by atoms with Gasteiger partial charge in [-0.25, -0.2) is 0 Å². The van der Waals surface area contributed by atoms with Crippen LogP contribution in [0.1, 0.15) is 45.6 Å². The lowest BCUT2D eigenvalue weighted by Gasteiger charge is -2.39. The Morgan fingerprint density at radius 1 is 1.11 bits per heavy atom. The van der Waals surface area contributed by atoms with Gasteiger partial charge in [0.25, 0.3) is 0 Å². The second-order valence-electron chi connectivity index (χ2n) is 9.27. The molecule has 0 unspecified atom stereocenters. The van der Waals surface area contributed by atoms with Crippen molar-refractivity contribution in [3.05, 3.63) is 29.8 Å². The van der Waals surface area contributed by atoms with Crippen molar-refractivity contribution in [2.75, 3.05) is 20.3 Å². The van der Waals surface area contributed by atoms with E-state index in [2.05, 4.69) is 33.9 Å². The van der Waals surface area contributed by atoms with Crippen LogP contribution in [0, 0.1) is 0 Å². The van der Waals surface area contributed by atoms with E-state index in [9.17, 15) is 5.11 Å². The molecule has 5 nitrogen and oxygen atoms in total. The number of benzene rings is 1. The number of methoxy groups -OCH3 is 1. The van der Waals surface area contributed by atoms with Gasteiger partial charge in [0.2, 0.25) is 0 Å². The Hall–Kier alpha value is -0.923. The SMILES string of the molecule is COc1ccc(COCC[C@H]2C[C@H](O)C[C@@H](CO[Si](C)(C)C(C)(C)C)O2)cc1. The third kappa shape index (κ3) is 7.15. The molecule has 3 atom stereocenters. The molecule has 0 aromatic heterocycles.